The van der Waals surface area contributed by atoms with Gasteiger partial charge in [-0.25, -0.2) is 0 Å². The van der Waals surface area contributed by atoms with E-state index in [1.807, 2.05) is 6.07 Å². The lowest BCUT2D eigenvalue weighted by Crippen LogP contribution is -1.95. The van der Waals surface area contributed by atoms with Crippen molar-refractivity contribution < 1.29 is 0 Å². The maximum atomic E-state index is 5.80. The van der Waals surface area contributed by atoms with Crippen LogP contribution in [0.5, 0.6) is 0 Å². The van der Waals surface area contributed by atoms with E-state index in [0.29, 0.717) is 23.0 Å². The summed E-state index contributed by atoms with van der Waals surface area (Å²) in [7, 11) is 0. The van der Waals surface area contributed by atoms with Crippen molar-refractivity contribution in [2.24, 2.45) is 5.73 Å². The van der Waals surface area contributed by atoms with E-state index in [0.717, 1.165) is 5.56 Å². The average Bonchev–Trinajstić information content (AvgIpc) is 2.12. The van der Waals surface area contributed by atoms with Gasteiger partial charge in [-0.1, -0.05) is 35.0 Å². The standard InChI is InChI=1S/C10H9Cl2N/c11-9-5-4-8(7-10(9)12)3-1-2-6-13/h4-5,7H,2,6,13H2. The minimum Gasteiger partial charge on any atom is -0.330 e. The molecular weight excluding hydrogens is 205 g/mol. The van der Waals surface area contributed by atoms with E-state index < -0.39 is 0 Å². The molecule has 0 unspecified atom stereocenters. The van der Waals surface area contributed by atoms with E-state index in [2.05, 4.69) is 11.8 Å². The van der Waals surface area contributed by atoms with E-state index in [4.69, 9.17) is 28.9 Å². The van der Waals surface area contributed by atoms with Crippen molar-refractivity contribution >= 4 is 23.2 Å². The van der Waals surface area contributed by atoms with Crippen LogP contribution in [0, 0.1) is 11.8 Å². The van der Waals surface area contributed by atoms with Gasteiger partial charge in [0, 0.05) is 18.5 Å². The van der Waals surface area contributed by atoms with E-state index in [-0.39, 0.29) is 0 Å². The summed E-state index contributed by atoms with van der Waals surface area (Å²) in [5.74, 6) is 5.86. The van der Waals surface area contributed by atoms with Gasteiger partial charge in [0.2, 0.25) is 0 Å². The van der Waals surface area contributed by atoms with Crippen LogP contribution in [0.15, 0.2) is 18.2 Å². The SMILES string of the molecule is NCCC#Cc1ccc(Cl)c(Cl)c1. The summed E-state index contributed by atoms with van der Waals surface area (Å²) < 4.78 is 0. The molecule has 0 saturated carbocycles. The summed E-state index contributed by atoms with van der Waals surface area (Å²) in [6.07, 6.45) is 0.695. The Kier molecular flexibility index (Phi) is 4.11. The van der Waals surface area contributed by atoms with Crippen LogP contribution in [0.25, 0.3) is 0 Å². The third-order valence-corrected chi connectivity index (χ3v) is 2.16. The second-order valence-corrected chi connectivity index (χ2v) is 3.28. The average molecular weight is 214 g/mol. The topological polar surface area (TPSA) is 26.0 Å². The number of hydrogen-bond donors (Lipinski definition) is 1. The van der Waals surface area contributed by atoms with Crippen LogP contribution >= 0.6 is 23.2 Å². The first-order valence-corrected chi connectivity index (χ1v) is 4.63. The highest BCUT2D eigenvalue weighted by molar-refractivity contribution is 6.42. The minimum absolute atomic E-state index is 0.529. The van der Waals surface area contributed by atoms with Crippen molar-refractivity contribution in [3.63, 3.8) is 0 Å². The zero-order valence-electron chi connectivity index (χ0n) is 6.98. The third kappa shape index (κ3) is 3.28. The maximum absolute atomic E-state index is 5.80. The lowest BCUT2D eigenvalue weighted by atomic mass is 10.2. The Morgan fingerprint density at radius 3 is 2.62 bits per heavy atom. The Morgan fingerprint density at radius 2 is 2.00 bits per heavy atom. The van der Waals surface area contributed by atoms with Crippen LogP contribution in [0.1, 0.15) is 12.0 Å². The molecule has 1 rings (SSSR count). The molecule has 0 radical (unpaired) electrons. The summed E-state index contributed by atoms with van der Waals surface area (Å²) in [4.78, 5) is 0. The smallest absolute Gasteiger partial charge is 0.0604 e. The molecule has 0 fully saturated rings. The summed E-state index contributed by atoms with van der Waals surface area (Å²) >= 11 is 11.5. The lowest BCUT2D eigenvalue weighted by molar-refractivity contribution is 1.03. The lowest BCUT2D eigenvalue weighted by Gasteiger charge is -1.94. The van der Waals surface area contributed by atoms with E-state index in [1.165, 1.54) is 0 Å². The molecule has 0 amide bonds. The van der Waals surface area contributed by atoms with Crippen LogP contribution in [0.4, 0.5) is 0 Å². The molecule has 13 heavy (non-hydrogen) atoms. The number of halogens is 2. The van der Waals surface area contributed by atoms with Crippen LogP contribution in [-0.2, 0) is 0 Å². The maximum Gasteiger partial charge on any atom is 0.0604 e. The van der Waals surface area contributed by atoms with Crippen LogP contribution in [0.2, 0.25) is 10.0 Å². The zero-order valence-corrected chi connectivity index (χ0v) is 8.49. The minimum atomic E-state index is 0.529. The highest BCUT2D eigenvalue weighted by atomic mass is 35.5. The van der Waals surface area contributed by atoms with Gasteiger partial charge >= 0.3 is 0 Å². The highest BCUT2D eigenvalue weighted by Gasteiger charge is 1.95. The predicted molar refractivity (Wildman–Crippen MR) is 57.0 cm³/mol. The first-order valence-electron chi connectivity index (χ1n) is 3.88. The molecule has 0 saturated heterocycles. The second-order valence-electron chi connectivity index (χ2n) is 2.47. The van der Waals surface area contributed by atoms with E-state index in [9.17, 15) is 0 Å². The molecule has 0 aromatic heterocycles. The van der Waals surface area contributed by atoms with Crippen molar-refractivity contribution in [1.82, 2.24) is 0 Å². The zero-order chi connectivity index (χ0) is 9.68. The Bertz CT molecular complexity index is 350. The summed E-state index contributed by atoms with van der Waals surface area (Å²) in [5, 5.41) is 1.08. The molecule has 1 nitrogen and oxygen atoms in total. The fraction of sp³-hybridized carbons (Fsp3) is 0.200. The van der Waals surface area contributed by atoms with Gasteiger partial charge in [-0.15, -0.1) is 0 Å². The van der Waals surface area contributed by atoms with Gasteiger partial charge in [-0.05, 0) is 18.2 Å². The molecule has 0 aliphatic heterocycles. The second kappa shape index (κ2) is 5.14. The van der Waals surface area contributed by atoms with Crippen LogP contribution in [0.3, 0.4) is 0 Å². The van der Waals surface area contributed by atoms with Crippen molar-refractivity contribution in [1.29, 1.82) is 0 Å². The normalized spacial score (nSPS) is 9.15. The molecule has 0 aliphatic rings. The molecule has 2 N–H and O–H groups in total. The molecule has 3 heteroatoms. The van der Waals surface area contributed by atoms with E-state index in [1.54, 1.807) is 12.1 Å². The molecule has 1 aromatic carbocycles. The molecule has 68 valence electrons. The Balaban J connectivity index is 2.81. The van der Waals surface area contributed by atoms with Crippen molar-refractivity contribution in [2.45, 2.75) is 6.42 Å². The van der Waals surface area contributed by atoms with Crippen molar-refractivity contribution in [3.8, 4) is 11.8 Å². The number of benzene rings is 1. The Morgan fingerprint density at radius 1 is 1.23 bits per heavy atom. The molecule has 0 bridgehead atoms. The monoisotopic (exact) mass is 213 g/mol. The molecular formula is C10H9Cl2N. The Hall–Kier alpha value is -0.680. The summed E-state index contributed by atoms with van der Waals surface area (Å²) in [6, 6.07) is 5.31. The fourth-order valence-corrected chi connectivity index (χ4v) is 1.11. The summed E-state index contributed by atoms with van der Waals surface area (Å²) in [6.45, 7) is 0.578. The van der Waals surface area contributed by atoms with E-state index >= 15 is 0 Å². The predicted octanol–water partition coefficient (Wildman–Crippen LogP) is 2.69. The fourth-order valence-electron chi connectivity index (χ4n) is 0.811. The highest BCUT2D eigenvalue weighted by Crippen LogP contribution is 2.21. The molecule has 0 heterocycles. The molecule has 1 aromatic rings. The first-order chi connectivity index (χ1) is 6.24. The Labute approximate surface area is 87.8 Å². The van der Waals surface area contributed by atoms with Crippen LogP contribution in [-0.4, -0.2) is 6.54 Å². The van der Waals surface area contributed by atoms with Gasteiger partial charge in [0.05, 0.1) is 10.0 Å². The van der Waals surface area contributed by atoms with Crippen molar-refractivity contribution in [2.75, 3.05) is 6.54 Å². The van der Waals surface area contributed by atoms with Gasteiger partial charge in [0.1, 0.15) is 0 Å². The largest absolute Gasteiger partial charge is 0.330 e. The molecule has 0 atom stereocenters. The van der Waals surface area contributed by atoms with Gasteiger partial charge in [0.15, 0.2) is 0 Å². The quantitative estimate of drug-likeness (QED) is 0.714. The molecule has 0 aliphatic carbocycles. The van der Waals surface area contributed by atoms with Gasteiger partial charge < -0.3 is 5.73 Å². The van der Waals surface area contributed by atoms with Gasteiger partial charge in [-0.2, -0.15) is 0 Å². The van der Waals surface area contributed by atoms with Crippen molar-refractivity contribution in [3.05, 3.63) is 33.8 Å². The number of hydrogen-bond acceptors (Lipinski definition) is 1. The van der Waals surface area contributed by atoms with Crippen LogP contribution < -0.4 is 5.73 Å². The summed E-state index contributed by atoms with van der Waals surface area (Å²) in [5.41, 5.74) is 6.16. The number of nitrogens with two attached hydrogens (primary N) is 1. The number of rotatable bonds is 1. The molecule has 0 spiro atoms. The van der Waals surface area contributed by atoms with Gasteiger partial charge in [0.25, 0.3) is 0 Å². The van der Waals surface area contributed by atoms with Gasteiger partial charge in [-0.3, -0.25) is 0 Å². The third-order valence-electron chi connectivity index (χ3n) is 1.42. The first kappa shape index (κ1) is 10.4.